The number of ether oxygens (including phenoxy) is 1. The SMILES string of the molecule is C=CCn1c(SCCOc2ccccc2)nnc1-c1cccc(C)c1. The molecule has 2 aromatic carbocycles. The van der Waals surface area contributed by atoms with Crippen LogP contribution in [0.4, 0.5) is 0 Å². The van der Waals surface area contributed by atoms with Gasteiger partial charge < -0.3 is 4.74 Å². The lowest BCUT2D eigenvalue weighted by atomic mass is 10.1. The van der Waals surface area contributed by atoms with Gasteiger partial charge in [0.05, 0.1) is 6.61 Å². The highest BCUT2D eigenvalue weighted by atomic mass is 32.2. The monoisotopic (exact) mass is 351 g/mol. The average molecular weight is 351 g/mol. The Morgan fingerprint density at radius 3 is 2.72 bits per heavy atom. The third-order valence-electron chi connectivity index (χ3n) is 3.63. The van der Waals surface area contributed by atoms with Crippen LogP contribution in [-0.2, 0) is 6.54 Å². The minimum atomic E-state index is 0.620. The molecule has 5 heteroatoms. The molecule has 0 spiro atoms. The zero-order chi connectivity index (χ0) is 17.5. The summed E-state index contributed by atoms with van der Waals surface area (Å²) in [5.41, 5.74) is 2.28. The van der Waals surface area contributed by atoms with Crippen LogP contribution in [0.5, 0.6) is 5.75 Å². The minimum Gasteiger partial charge on any atom is -0.493 e. The molecule has 128 valence electrons. The van der Waals surface area contributed by atoms with Crippen LogP contribution in [0.25, 0.3) is 11.4 Å². The van der Waals surface area contributed by atoms with E-state index < -0.39 is 0 Å². The number of aryl methyl sites for hydroxylation is 1. The molecule has 0 amide bonds. The Morgan fingerprint density at radius 1 is 1.12 bits per heavy atom. The number of para-hydroxylation sites is 1. The van der Waals surface area contributed by atoms with Crippen molar-refractivity contribution in [3.05, 3.63) is 72.8 Å². The molecule has 0 radical (unpaired) electrons. The summed E-state index contributed by atoms with van der Waals surface area (Å²) in [4.78, 5) is 0. The van der Waals surface area contributed by atoms with Gasteiger partial charge in [0.15, 0.2) is 11.0 Å². The predicted molar refractivity (Wildman–Crippen MR) is 103 cm³/mol. The van der Waals surface area contributed by atoms with E-state index >= 15 is 0 Å². The molecule has 0 atom stereocenters. The fraction of sp³-hybridized carbons (Fsp3) is 0.200. The van der Waals surface area contributed by atoms with Gasteiger partial charge in [-0.1, -0.05) is 59.8 Å². The summed E-state index contributed by atoms with van der Waals surface area (Å²) in [6.45, 7) is 7.23. The van der Waals surface area contributed by atoms with E-state index in [2.05, 4.69) is 46.5 Å². The number of hydrogen-bond donors (Lipinski definition) is 0. The van der Waals surface area contributed by atoms with Crippen molar-refractivity contribution in [2.75, 3.05) is 12.4 Å². The second-order valence-corrected chi connectivity index (χ2v) is 6.65. The molecule has 0 aliphatic heterocycles. The molecule has 0 fully saturated rings. The molecular formula is C20H21N3OS. The van der Waals surface area contributed by atoms with E-state index in [1.807, 2.05) is 42.5 Å². The van der Waals surface area contributed by atoms with Crippen LogP contribution >= 0.6 is 11.8 Å². The molecule has 3 rings (SSSR count). The van der Waals surface area contributed by atoms with Gasteiger partial charge >= 0.3 is 0 Å². The summed E-state index contributed by atoms with van der Waals surface area (Å²) in [6.07, 6.45) is 1.87. The van der Waals surface area contributed by atoms with Crippen molar-refractivity contribution in [2.24, 2.45) is 0 Å². The van der Waals surface area contributed by atoms with Crippen molar-refractivity contribution < 1.29 is 4.74 Å². The normalized spacial score (nSPS) is 10.6. The summed E-state index contributed by atoms with van der Waals surface area (Å²) in [5, 5.41) is 9.63. The Morgan fingerprint density at radius 2 is 1.96 bits per heavy atom. The van der Waals surface area contributed by atoms with Crippen LogP contribution < -0.4 is 4.74 Å². The Hall–Kier alpha value is -2.53. The highest BCUT2D eigenvalue weighted by Crippen LogP contribution is 2.24. The van der Waals surface area contributed by atoms with Gasteiger partial charge in [-0.3, -0.25) is 4.57 Å². The summed E-state index contributed by atoms with van der Waals surface area (Å²) in [7, 11) is 0. The number of nitrogens with zero attached hydrogens (tertiary/aromatic N) is 3. The lowest BCUT2D eigenvalue weighted by Crippen LogP contribution is -2.04. The highest BCUT2D eigenvalue weighted by molar-refractivity contribution is 7.99. The number of allylic oxidation sites excluding steroid dienone is 1. The van der Waals surface area contributed by atoms with Crippen LogP contribution in [0.1, 0.15) is 5.56 Å². The molecule has 0 saturated carbocycles. The average Bonchev–Trinajstić information content (AvgIpc) is 3.03. The largest absolute Gasteiger partial charge is 0.493 e. The minimum absolute atomic E-state index is 0.620. The second kappa shape index (κ2) is 8.53. The van der Waals surface area contributed by atoms with Crippen molar-refractivity contribution in [3.8, 4) is 17.1 Å². The quantitative estimate of drug-likeness (QED) is 0.337. The summed E-state index contributed by atoms with van der Waals surface area (Å²) in [5.74, 6) is 2.56. The van der Waals surface area contributed by atoms with Crippen molar-refractivity contribution in [2.45, 2.75) is 18.6 Å². The molecule has 0 bridgehead atoms. The first kappa shape index (κ1) is 17.3. The zero-order valence-electron chi connectivity index (χ0n) is 14.3. The maximum absolute atomic E-state index is 5.74. The van der Waals surface area contributed by atoms with Crippen LogP contribution in [0.2, 0.25) is 0 Å². The summed E-state index contributed by atoms with van der Waals surface area (Å²) >= 11 is 1.64. The molecule has 0 unspecified atom stereocenters. The van der Waals surface area contributed by atoms with Crippen LogP contribution in [-0.4, -0.2) is 27.1 Å². The third-order valence-corrected chi connectivity index (χ3v) is 4.56. The van der Waals surface area contributed by atoms with E-state index in [4.69, 9.17) is 4.74 Å². The Balaban J connectivity index is 1.68. The maximum atomic E-state index is 5.74. The lowest BCUT2D eigenvalue weighted by molar-refractivity contribution is 0.344. The standard InChI is InChI=1S/C20H21N3OS/c1-3-12-23-19(17-9-7-8-16(2)15-17)21-22-20(23)25-14-13-24-18-10-5-4-6-11-18/h3-11,15H,1,12-14H2,2H3. The molecule has 25 heavy (non-hydrogen) atoms. The van der Waals surface area contributed by atoms with Crippen LogP contribution in [0, 0.1) is 6.92 Å². The fourth-order valence-corrected chi connectivity index (χ4v) is 3.26. The van der Waals surface area contributed by atoms with E-state index in [9.17, 15) is 0 Å². The molecule has 0 aliphatic rings. The van der Waals surface area contributed by atoms with Gasteiger partial charge in [-0.05, 0) is 25.1 Å². The number of rotatable bonds is 8. The first-order valence-electron chi connectivity index (χ1n) is 8.19. The third kappa shape index (κ3) is 4.51. The first-order valence-corrected chi connectivity index (χ1v) is 9.18. The van der Waals surface area contributed by atoms with Gasteiger partial charge in [-0.15, -0.1) is 16.8 Å². The molecule has 0 saturated heterocycles. The Bertz CT molecular complexity index is 830. The molecule has 4 nitrogen and oxygen atoms in total. The second-order valence-electron chi connectivity index (χ2n) is 5.58. The van der Waals surface area contributed by atoms with E-state index in [-0.39, 0.29) is 0 Å². The molecule has 1 aromatic heterocycles. The van der Waals surface area contributed by atoms with Gasteiger partial charge in [0.25, 0.3) is 0 Å². The molecule has 0 aliphatic carbocycles. The van der Waals surface area contributed by atoms with Gasteiger partial charge in [-0.2, -0.15) is 0 Å². The number of aromatic nitrogens is 3. The summed E-state index contributed by atoms with van der Waals surface area (Å²) in [6, 6.07) is 18.1. The van der Waals surface area contributed by atoms with E-state index in [0.717, 1.165) is 28.0 Å². The maximum Gasteiger partial charge on any atom is 0.191 e. The van der Waals surface area contributed by atoms with Crippen molar-refractivity contribution in [1.29, 1.82) is 0 Å². The zero-order valence-corrected chi connectivity index (χ0v) is 15.1. The molecule has 0 N–H and O–H groups in total. The number of hydrogen-bond acceptors (Lipinski definition) is 4. The first-order chi connectivity index (χ1) is 12.3. The van der Waals surface area contributed by atoms with Crippen LogP contribution in [0.3, 0.4) is 0 Å². The van der Waals surface area contributed by atoms with Crippen LogP contribution in [0.15, 0.2) is 72.4 Å². The molecule has 1 heterocycles. The van der Waals surface area contributed by atoms with Gasteiger partial charge in [0.1, 0.15) is 5.75 Å². The van der Waals surface area contributed by atoms with E-state index in [0.29, 0.717) is 13.2 Å². The Kier molecular flexibility index (Phi) is 5.90. The predicted octanol–water partition coefficient (Wildman–Crippen LogP) is 4.61. The van der Waals surface area contributed by atoms with Gasteiger partial charge in [0.2, 0.25) is 0 Å². The molecular weight excluding hydrogens is 330 g/mol. The van der Waals surface area contributed by atoms with Crippen molar-refractivity contribution in [1.82, 2.24) is 14.8 Å². The number of benzene rings is 2. The smallest absolute Gasteiger partial charge is 0.191 e. The molecule has 3 aromatic rings. The van der Waals surface area contributed by atoms with E-state index in [1.54, 1.807) is 11.8 Å². The highest BCUT2D eigenvalue weighted by Gasteiger charge is 2.13. The van der Waals surface area contributed by atoms with Gasteiger partial charge in [-0.25, -0.2) is 0 Å². The van der Waals surface area contributed by atoms with Crippen molar-refractivity contribution >= 4 is 11.8 Å². The fourth-order valence-electron chi connectivity index (χ4n) is 2.50. The summed E-state index contributed by atoms with van der Waals surface area (Å²) < 4.78 is 7.83. The number of thioether (sulfide) groups is 1. The topological polar surface area (TPSA) is 39.9 Å². The lowest BCUT2D eigenvalue weighted by Gasteiger charge is -2.09. The Labute approximate surface area is 152 Å². The van der Waals surface area contributed by atoms with Crippen molar-refractivity contribution in [3.63, 3.8) is 0 Å². The van der Waals surface area contributed by atoms with Gasteiger partial charge in [0, 0.05) is 17.9 Å². The van der Waals surface area contributed by atoms with E-state index in [1.165, 1.54) is 5.56 Å².